The van der Waals surface area contributed by atoms with E-state index in [4.69, 9.17) is 0 Å². The molecule has 0 saturated heterocycles. The molecule has 1 atom stereocenters. The zero-order valence-corrected chi connectivity index (χ0v) is 15.1. The summed E-state index contributed by atoms with van der Waals surface area (Å²) in [5.74, 6) is 0. The first-order valence-electron chi connectivity index (χ1n) is 8.62. The second kappa shape index (κ2) is 8.84. The van der Waals surface area contributed by atoms with Gasteiger partial charge in [-0.15, -0.1) is 6.58 Å². The standard InChI is InChI=1S/C21H26O2S/c1-3-5-6-10-15-19(4-2)24(22,23)21-17-12-11-16-20(21)18-13-8-7-9-14-18/h4,7-9,11-14,16-17,19H,2-3,5-6,10,15H2,1H3. The van der Waals surface area contributed by atoms with Gasteiger partial charge in [0, 0.05) is 5.56 Å². The molecule has 0 saturated carbocycles. The van der Waals surface area contributed by atoms with Gasteiger partial charge in [0.25, 0.3) is 0 Å². The summed E-state index contributed by atoms with van der Waals surface area (Å²) in [7, 11) is -3.44. The molecule has 0 aromatic heterocycles. The fourth-order valence-electron chi connectivity index (χ4n) is 2.91. The fraction of sp³-hybridized carbons (Fsp3) is 0.333. The molecule has 0 aliphatic heterocycles. The van der Waals surface area contributed by atoms with Crippen molar-refractivity contribution in [2.75, 3.05) is 0 Å². The Morgan fingerprint density at radius 2 is 1.62 bits per heavy atom. The molecule has 0 amide bonds. The number of unbranched alkanes of at least 4 members (excludes halogenated alkanes) is 3. The van der Waals surface area contributed by atoms with Crippen molar-refractivity contribution in [3.8, 4) is 11.1 Å². The minimum Gasteiger partial charge on any atom is -0.223 e. The predicted molar refractivity (Wildman–Crippen MR) is 102 cm³/mol. The Morgan fingerprint density at radius 3 is 2.29 bits per heavy atom. The van der Waals surface area contributed by atoms with Crippen LogP contribution in [0.2, 0.25) is 0 Å². The van der Waals surface area contributed by atoms with Crippen LogP contribution in [0.3, 0.4) is 0 Å². The van der Waals surface area contributed by atoms with Gasteiger partial charge in [-0.05, 0) is 18.1 Å². The number of rotatable bonds is 9. The van der Waals surface area contributed by atoms with Crippen molar-refractivity contribution >= 4 is 9.84 Å². The van der Waals surface area contributed by atoms with E-state index in [1.165, 1.54) is 0 Å². The lowest BCUT2D eigenvalue weighted by Gasteiger charge is -2.17. The van der Waals surface area contributed by atoms with Crippen molar-refractivity contribution in [3.63, 3.8) is 0 Å². The molecule has 0 heterocycles. The molecule has 0 bridgehead atoms. The minimum absolute atomic E-state index is 0.400. The molecule has 0 N–H and O–H groups in total. The lowest BCUT2D eigenvalue weighted by molar-refractivity contribution is 0.573. The van der Waals surface area contributed by atoms with Gasteiger partial charge in [-0.1, -0.05) is 87.2 Å². The third kappa shape index (κ3) is 4.35. The highest BCUT2D eigenvalue weighted by molar-refractivity contribution is 7.92. The Bertz CT molecular complexity index is 748. The summed E-state index contributed by atoms with van der Waals surface area (Å²) in [5.41, 5.74) is 1.68. The summed E-state index contributed by atoms with van der Waals surface area (Å²) in [6.45, 7) is 5.93. The van der Waals surface area contributed by atoms with E-state index >= 15 is 0 Å². The summed E-state index contributed by atoms with van der Waals surface area (Å²) in [4.78, 5) is 0.400. The molecule has 0 radical (unpaired) electrons. The summed E-state index contributed by atoms with van der Waals surface area (Å²) in [6, 6.07) is 16.9. The van der Waals surface area contributed by atoms with Gasteiger partial charge in [0.1, 0.15) is 0 Å². The van der Waals surface area contributed by atoms with Crippen LogP contribution in [0.25, 0.3) is 11.1 Å². The van der Waals surface area contributed by atoms with E-state index in [2.05, 4.69) is 13.5 Å². The van der Waals surface area contributed by atoms with E-state index in [1.54, 1.807) is 18.2 Å². The van der Waals surface area contributed by atoms with Gasteiger partial charge < -0.3 is 0 Å². The normalized spacial score (nSPS) is 12.7. The van der Waals surface area contributed by atoms with Crippen LogP contribution in [-0.2, 0) is 9.84 Å². The van der Waals surface area contributed by atoms with Crippen LogP contribution in [0, 0.1) is 0 Å². The lowest BCUT2D eigenvalue weighted by atomic mass is 10.1. The van der Waals surface area contributed by atoms with Gasteiger partial charge in [0.15, 0.2) is 9.84 Å². The Morgan fingerprint density at radius 1 is 0.958 bits per heavy atom. The van der Waals surface area contributed by atoms with Crippen LogP contribution in [0.4, 0.5) is 0 Å². The van der Waals surface area contributed by atoms with Crippen molar-refractivity contribution in [1.82, 2.24) is 0 Å². The lowest BCUT2D eigenvalue weighted by Crippen LogP contribution is -2.20. The van der Waals surface area contributed by atoms with Crippen molar-refractivity contribution in [2.24, 2.45) is 0 Å². The first-order chi connectivity index (χ1) is 11.6. The molecule has 0 spiro atoms. The van der Waals surface area contributed by atoms with Gasteiger partial charge in [-0.2, -0.15) is 0 Å². The van der Waals surface area contributed by atoms with E-state index < -0.39 is 15.1 Å². The largest absolute Gasteiger partial charge is 0.223 e. The van der Waals surface area contributed by atoms with E-state index in [-0.39, 0.29) is 0 Å². The highest BCUT2D eigenvalue weighted by atomic mass is 32.2. The van der Waals surface area contributed by atoms with Gasteiger partial charge in [-0.3, -0.25) is 0 Å². The molecule has 0 aliphatic carbocycles. The molecule has 1 unspecified atom stereocenters. The summed E-state index contributed by atoms with van der Waals surface area (Å²) in [6.07, 6.45) is 6.48. The third-order valence-electron chi connectivity index (χ3n) is 4.28. The molecule has 2 rings (SSSR count). The molecule has 128 valence electrons. The highest BCUT2D eigenvalue weighted by Crippen LogP contribution is 2.31. The van der Waals surface area contributed by atoms with Crippen LogP contribution < -0.4 is 0 Å². The maximum Gasteiger partial charge on any atom is 0.185 e. The first-order valence-corrected chi connectivity index (χ1v) is 10.2. The average molecular weight is 343 g/mol. The van der Waals surface area contributed by atoms with Crippen LogP contribution in [0.5, 0.6) is 0 Å². The molecule has 2 aromatic rings. The predicted octanol–water partition coefficient (Wildman–Crippen LogP) is 5.65. The van der Waals surface area contributed by atoms with E-state index in [9.17, 15) is 8.42 Å². The Kier molecular flexibility index (Phi) is 6.80. The molecule has 3 heteroatoms. The van der Waals surface area contributed by atoms with Gasteiger partial charge in [-0.25, -0.2) is 8.42 Å². The molecule has 2 nitrogen and oxygen atoms in total. The molecular formula is C21H26O2S. The first kappa shape index (κ1) is 18.5. The van der Waals surface area contributed by atoms with Crippen molar-refractivity contribution in [1.29, 1.82) is 0 Å². The second-order valence-electron chi connectivity index (χ2n) is 6.03. The van der Waals surface area contributed by atoms with E-state index in [1.807, 2.05) is 42.5 Å². The summed E-state index contributed by atoms with van der Waals surface area (Å²) >= 11 is 0. The highest BCUT2D eigenvalue weighted by Gasteiger charge is 2.27. The Hall–Kier alpha value is -1.87. The minimum atomic E-state index is -3.44. The maximum atomic E-state index is 13.2. The number of hydrogen-bond donors (Lipinski definition) is 0. The van der Waals surface area contributed by atoms with E-state index in [0.717, 1.165) is 36.8 Å². The Balaban J connectivity index is 2.33. The SMILES string of the molecule is C=CC(CCCCCC)S(=O)(=O)c1ccccc1-c1ccccc1. The fourth-order valence-corrected chi connectivity index (χ4v) is 4.72. The quantitative estimate of drug-likeness (QED) is 0.436. The van der Waals surface area contributed by atoms with Crippen LogP contribution >= 0.6 is 0 Å². The van der Waals surface area contributed by atoms with Gasteiger partial charge in [0.05, 0.1) is 10.1 Å². The Labute approximate surface area is 146 Å². The van der Waals surface area contributed by atoms with Gasteiger partial charge in [0.2, 0.25) is 0 Å². The molecule has 2 aromatic carbocycles. The van der Waals surface area contributed by atoms with Crippen LogP contribution in [-0.4, -0.2) is 13.7 Å². The number of benzene rings is 2. The van der Waals surface area contributed by atoms with Crippen molar-refractivity contribution in [3.05, 3.63) is 67.3 Å². The van der Waals surface area contributed by atoms with Crippen LogP contribution in [0.15, 0.2) is 72.1 Å². The topological polar surface area (TPSA) is 34.1 Å². The zero-order valence-electron chi connectivity index (χ0n) is 14.3. The smallest absolute Gasteiger partial charge is 0.185 e. The zero-order chi connectivity index (χ0) is 17.4. The average Bonchev–Trinajstić information content (AvgIpc) is 2.62. The molecular weight excluding hydrogens is 316 g/mol. The van der Waals surface area contributed by atoms with Crippen LogP contribution in [0.1, 0.15) is 39.0 Å². The summed E-state index contributed by atoms with van der Waals surface area (Å²) in [5, 5.41) is -0.529. The summed E-state index contributed by atoms with van der Waals surface area (Å²) < 4.78 is 26.3. The van der Waals surface area contributed by atoms with Crippen molar-refractivity contribution in [2.45, 2.75) is 49.2 Å². The second-order valence-corrected chi connectivity index (χ2v) is 8.17. The monoisotopic (exact) mass is 342 g/mol. The van der Waals surface area contributed by atoms with Crippen molar-refractivity contribution < 1.29 is 8.42 Å². The van der Waals surface area contributed by atoms with E-state index in [0.29, 0.717) is 11.3 Å². The molecule has 0 aliphatic rings. The molecule has 24 heavy (non-hydrogen) atoms. The maximum absolute atomic E-state index is 13.2. The molecule has 0 fully saturated rings. The third-order valence-corrected chi connectivity index (χ3v) is 6.48. The number of sulfone groups is 1. The van der Waals surface area contributed by atoms with Gasteiger partial charge >= 0.3 is 0 Å². The number of hydrogen-bond acceptors (Lipinski definition) is 2.